The van der Waals surface area contributed by atoms with Crippen molar-refractivity contribution in [3.05, 3.63) is 22.8 Å². The molecule has 0 aromatic heterocycles. The summed E-state index contributed by atoms with van der Waals surface area (Å²) < 4.78 is 5.56. The highest BCUT2D eigenvalue weighted by atomic mass is 16.5. The molecule has 4 aliphatic carbocycles. The Bertz CT molecular complexity index is 745. The van der Waals surface area contributed by atoms with Crippen LogP contribution in [0.25, 0.3) is 0 Å². The number of rotatable bonds is 2. The van der Waals surface area contributed by atoms with Crippen LogP contribution in [-0.4, -0.2) is 17.9 Å². The van der Waals surface area contributed by atoms with Gasteiger partial charge in [0.25, 0.3) is 0 Å². The molecule has 4 rings (SSSR count). The van der Waals surface area contributed by atoms with Crippen LogP contribution in [0.3, 0.4) is 0 Å². The molecule has 4 aliphatic rings. The van der Waals surface area contributed by atoms with Crippen LogP contribution in [0.2, 0.25) is 0 Å². The van der Waals surface area contributed by atoms with Gasteiger partial charge in [-0.05, 0) is 82.0 Å². The Morgan fingerprint density at radius 3 is 2.52 bits per heavy atom. The van der Waals surface area contributed by atoms with Gasteiger partial charge in [0.1, 0.15) is 6.10 Å². The van der Waals surface area contributed by atoms with Gasteiger partial charge in [-0.3, -0.25) is 9.59 Å². The molecule has 0 spiro atoms. The number of hydrogen-bond donors (Lipinski definition) is 0. The normalized spacial score (nSPS) is 43.4. The molecular weight excluding hydrogens is 336 g/mol. The highest BCUT2D eigenvalue weighted by molar-refractivity contribution is 5.96. The Morgan fingerprint density at radius 1 is 1.11 bits per heavy atom. The molecule has 3 nitrogen and oxygen atoms in total. The molecule has 0 aromatic carbocycles. The van der Waals surface area contributed by atoms with E-state index in [0.29, 0.717) is 17.8 Å². The lowest BCUT2D eigenvalue weighted by Gasteiger charge is -2.56. The molecule has 0 saturated heterocycles. The van der Waals surface area contributed by atoms with E-state index in [-0.39, 0.29) is 28.7 Å². The summed E-state index contributed by atoms with van der Waals surface area (Å²) in [6.07, 6.45) is 10.3. The minimum atomic E-state index is -0.144. The number of carbonyl (C=O) groups excluding carboxylic acids is 2. The molecule has 2 saturated carbocycles. The Kier molecular flexibility index (Phi) is 4.44. The summed E-state index contributed by atoms with van der Waals surface area (Å²) in [6, 6.07) is 0. The van der Waals surface area contributed by atoms with Crippen molar-refractivity contribution in [3.63, 3.8) is 0 Å². The van der Waals surface area contributed by atoms with Crippen molar-refractivity contribution in [2.24, 2.45) is 28.6 Å². The third kappa shape index (κ3) is 2.76. The smallest absolute Gasteiger partial charge is 0.302 e. The van der Waals surface area contributed by atoms with Gasteiger partial charge in [-0.25, -0.2) is 0 Å². The van der Waals surface area contributed by atoms with E-state index in [4.69, 9.17) is 4.74 Å². The third-order valence-corrected chi connectivity index (χ3v) is 8.58. The summed E-state index contributed by atoms with van der Waals surface area (Å²) in [5.74, 6) is 1.94. The summed E-state index contributed by atoms with van der Waals surface area (Å²) in [5, 5.41) is 0. The molecular formula is C24H34O3. The Morgan fingerprint density at radius 2 is 1.85 bits per heavy atom. The first-order valence-electron chi connectivity index (χ1n) is 10.8. The van der Waals surface area contributed by atoms with Crippen LogP contribution in [0.1, 0.15) is 79.6 Å². The van der Waals surface area contributed by atoms with E-state index in [1.54, 1.807) is 12.5 Å². The maximum absolute atomic E-state index is 12.4. The number of fused-ring (bicyclic) bond motifs is 5. The Balaban J connectivity index is 1.62. The number of ketones is 1. The highest BCUT2D eigenvalue weighted by Crippen LogP contribution is 2.65. The van der Waals surface area contributed by atoms with Crippen molar-refractivity contribution in [3.8, 4) is 0 Å². The number of hydrogen-bond acceptors (Lipinski definition) is 3. The summed E-state index contributed by atoms with van der Waals surface area (Å²) >= 11 is 0. The van der Waals surface area contributed by atoms with Gasteiger partial charge in [-0.2, -0.15) is 0 Å². The molecule has 148 valence electrons. The second kappa shape index (κ2) is 6.32. The van der Waals surface area contributed by atoms with Gasteiger partial charge in [-0.15, -0.1) is 0 Å². The molecule has 0 aliphatic heterocycles. The van der Waals surface area contributed by atoms with Crippen LogP contribution in [0.15, 0.2) is 22.8 Å². The zero-order valence-corrected chi connectivity index (χ0v) is 17.6. The van der Waals surface area contributed by atoms with Gasteiger partial charge in [0.15, 0.2) is 5.78 Å². The maximum atomic E-state index is 12.4. The molecule has 27 heavy (non-hydrogen) atoms. The Labute approximate surface area is 163 Å². The molecule has 2 fully saturated rings. The second-order valence-corrected chi connectivity index (χ2v) is 10.1. The minimum Gasteiger partial charge on any atom is -0.463 e. The fourth-order valence-corrected chi connectivity index (χ4v) is 7.48. The van der Waals surface area contributed by atoms with Crippen molar-refractivity contribution in [2.45, 2.75) is 85.7 Å². The lowest BCUT2D eigenvalue weighted by molar-refractivity contribution is -0.151. The van der Waals surface area contributed by atoms with Crippen molar-refractivity contribution >= 4 is 11.8 Å². The van der Waals surface area contributed by atoms with Gasteiger partial charge in [0.05, 0.1) is 0 Å². The van der Waals surface area contributed by atoms with E-state index >= 15 is 0 Å². The standard InChI is InChI=1S/C24H34O3/c1-14-12-21-19-7-6-17-13-18(27-16(3)26)8-10-23(17,4)20(19)9-11-24(21,5)22(14)15(2)25/h9,17-19,21H,6-8,10-13H2,1-5H3/t17-,18+,19-,21-,23-,24-/m0/s1. The van der Waals surface area contributed by atoms with Crippen molar-refractivity contribution in [1.29, 1.82) is 0 Å². The lowest BCUT2D eigenvalue weighted by atomic mass is 9.48. The summed E-state index contributed by atoms with van der Waals surface area (Å²) in [7, 11) is 0. The molecule has 0 unspecified atom stereocenters. The fraction of sp³-hybridized carbons (Fsp3) is 0.750. The first-order valence-corrected chi connectivity index (χ1v) is 10.8. The number of esters is 1. The zero-order chi connectivity index (χ0) is 19.6. The van der Waals surface area contributed by atoms with E-state index in [0.717, 1.165) is 37.7 Å². The molecule has 0 aromatic rings. The fourth-order valence-electron chi connectivity index (χ4n) is 7.48. The lowest BCUT2D eigenvalue weighted by Crippen LogP contribution is -2.48. The minimum absolute atomic E-state index is 0.0300. The quantitative estimate of drug-likeness (QED) is 0.483. The van der Waals surface area contributed by atoms with Crippen molar-refractivity contribution < 1.29 is 14.3 Å². The average molecular weight is 371 g/mol. The molecule has 0 heterocycles. The van der Waals surface area contributed by atoms with Crippen molar-refractivity contribution in [2.75, 3.05) is 0 Å². The monoisotopic (exact) mass is 370 g/mol. The molecule has 0 bridgehead atoms. The van der Waals surface area contributed by atoms with Crippen LogP contribution in [-0.2, 0) is 14.3 Å². The van der Waals surface area contributed by atoms with Gasteiger partial charge >= 0.3 is 5.97 Å². The van der Waals surface area contributed by atoms with E-state index < -0.39 is 0 Å². The summed E-state index contributed by atoms with van der Waals surface area (Å²) in [5.41, 5.74) is 4.39. The van der Waals surface area contributed by atoms with E-state index in [1.807, 2.05) is 0 Å². The average Bonchev–Trinajstić information content (AvgIpc) is 2.85. The van der Waals surface area contributed by atoms with Crippen LogP contribution in [0, 0.1) is 28.6 Å². The molecule has 0 amide bonds. The number of ether oxygens (including phenoxy) is 1. The van der Waals surface area contributed by atoms with E-state index in [9.17, 15) is 9.59 Å². The predicted molar refractivity (Wildman–Crippen MR) is 106 cm³/mol. The van der Waals surface area contributed by atoms with Crippen LogP contribution in [0.4, 0.5) is 0 Å². The predicted octanol–water partition coefficient (Wildman–Crippen LogP) is 5.40. The first kappa shape index (κ1) is 19.0. The van der Waals surface area contributed by atoms with E-state index in [2.05, 4.69) is 26.8 Å². The molecule has 0 radical (unpaired) electrons. The topological polar surface area (TPSA) is 43.4 Å². The maximum Gasteiger partial charge on any atom is 0.302 e. The molecule has 0 N–H and O–H groups in total. The number of carbonyl (C=O) groups is 2. The molecule has 6 atom stereocenters. The van der Waals surface area contributed by atoms with Gasteiger partial charge in [-0.1, -0.05) is 31.1 Å². The second-order valence-electron chi connectivity index (χ2n) is 10.1. The van der Waals surface area contributed by atoms with Gasteiger partial charge in [0.2, 0.25) is 0 Å². The van der Waals surface area contributed by atoms with Crippen molar-refractivity contribution in [1.82, 2.24) is 0 Å². The third-order valence-electron chi connectivity index (χ3n) is 8.58. The first-order chi connectivity index (χ1) is 12.7. The Hall–Kier alpha value is -1.38. The van der Waals surface area contributed by atoms with Crippen LogP contribution in [0.5, 0.6) is 0 Å². The van der Waals surface area contributed by atoms with E-state index in [1.165, 1.54) is 25.3 Å². The number of Topliss-reactive ketones (excluding diaryl/α,β-unsaturated/α-hetero) is 1. The highest BCUT2D eigenvalue weighted by Gasteiger charge is 2.56. The van der Waals surface area contributed by atoms with Gasteiger partial charge in [0, 0.05) is 17.9 Å². The summed E-state index contributed by atoms with van der Waals surface area (Å²) in [6.45, 7) is 10.3. The number of allylic oxidation sites excluding steroid dienone is 4. The van der Waals surface area contributed by atoms with Crippen LogP contribution >= 0.6 is 0 Å². The molecule has 3 heteroatoms. The van der Waals surface area contributed by atoms with Crippen LogP contribution < -0.4 is 0 Å². The SMILES string of the molecule is CC(=O)O[C@@H]1CC[C@]2(C)C3=CC[C@]4(C)C(C(C)=O)=C(C)C[C@H]4[C@H]3CC[C@H]2C1. The largest absolute Gasteiger partial charge is 0.463 e. The zero-order valence-electron chi connectivity index (χ0n) is 17.6. The van der Waals surface area contributed by atoms with Gasteiger partial charge < -0.3 is 4.74 Å². The summed E-state index contributed by atoms with van der Waals surface area (Å²) in [4.78, 5) is 23.8.